The predicted octanol–water partition coefficient (Wildman–Crippen LogP) is 2.10. The zero-order valence-corrected chi connectivity index (χ0v) is 8.14. The smallest absolute Gasteiger partial charge is 0.0991 e. The largest absolute Gasteiger partial charge is 0.380 e. The molecule has 14 heavy (non-hydrogen) atoms. The molecule has 0 bridgehead atoms. The highest BCUT2D eigenvalue weighted by Crippen LogP contribution is 2.23. The van der Waals surface area contributed by atoms with Crippen LogP contribution in [0.2, 0.25) is 0 Å². The summed E-state index contributed by atoms with van der Waals surface area (Å²) in [5, 5.41) is 8.66. The van der Waals surface area contributed by atoms with Crippen molar-refractivity contribution in [1.29, 1.82) is 5.26 Å². The Labute approximate surface area is 84.1 Å². The molecule has 70 valence electrons. The van der Waals surface area contributed by atoms with Crippen molar-refractivity contribution in [3.8, 4) is 6.07 Å². The van der Waals surface area contributed by atoms with Crippen LogP contribution in [-0.2, 0) is 0 Å². The standard InChI is InChI=1S/C12H12N2/c1-14-7-6-12(9-14)11-4-2-10(8-13)3-5-11/h2-7,12H,9H2,1H3. The third-order valence-corrected chi connectivity index (χ3v) is 2.53. The molecule has 1 unspecified atom stereocenters. The molecule has 0 spiro atoms. The highest BCUT2D eigenvalue weighted by Gasteiger charge is 2.14. The van der Waals surface area contributed by atoms with Crippen molar-refractivity contribution in [3.05, 3.63) is 47.7 Å². The molecule has 2 heteroatoms. The van der Waals surface area contributed by atoms with Crippen molar-refractivity contribution in [3.63, 3.8) is 0 Å². The van der Waals surface area contributed by atoms with Crippen molar-refractivity contribution in [2.75, 3.05) is 13.6 Å². The van der Waals surface area contributed by atoms with Crippen molar-refractivity contribution < 1.29 is 0 Å². The van der Waals surface area contributed by atoms with E-state index in [0.29, 0.717) is 5.92 Å². The monoisotopic (exact) mass is 184 g/mol. The van der Waals surface area contributed by atoms with Gasteiger partial charge in [-0.25, -0.2) is 0 Å². The van der Waals surface area contributed by atoms with Gasteiger partial charge in [-0.1, -0.05) is 18.2 Å². The Hall–Kier alpha value is -1.75. The van der Waals surface area contributed by atoms with Crippen molar-refractivity contribution in [2.45, 2.75) is 5.92 Å². The van der Waals surface area contributed by atoms with Crippen LogP contribution in [0, 0.1) is 11.3 Å². The summed E-state index contributed by atoms with van der Waals surface area (Å²) in [4.78, 5) is 2.17. The van der Waals surface area contributed by atoms with E-state index in [-0.39, 0.29) is 0 Å². The number of likely N-dealkylation sites (N-methyl/N-ethyl adjacent to an activating group) is 1. The fourth-order valence-electron chi connectivity index (χ4n) is 1.70. The van der Waals surface area contributed by atoms with Gasteiger partial charge in [-0.2, -0.15) is 5.26 Å². The number of hydrogen-bond donors (Lipinski definition) is 0. The fourth-order valence-corrected chi connectivity index (χ4v) is 1.70. The highest BCUT2D eigenvalue weighted by atomic mass is 15.1. The summed E-state index contributed by atoms with van der Waals surface area (Å²) in [6, 6.07) is 9.95. The van der Waals surface area contributed by atoms with E-state index in [4.69, 9.17) is 5.26 Å². The number of nitriles is 1. The van der Waals surface area contributed by atoms with Gasteiger partial charge in [0.25, 0.3) is 0 Å². The van der Waals surface area contributed by atoms with Gasteiger partial charge in [0.2, 0.25) is 0 Å². The molecule has 2 nitrogen and oxygen atoms in total. The molecule has 0 N–H and O–H groups in total. The lowest BCUT2D eigenvalue weighted by Gasteiger charge is -2.12. The van der Waals surface area contributed by atoms with Gasteiger partial charge >= 0.3 is 0 Å². The first-order valence-corrected chi connectivity index (χ1v) is 4.68. The van der Waals surface area contributed by atoms with Crippen LogP contribution in [0.25, 0.3) is 0 Å². The molecule has 0 saturated carbocycles. The molecule has 0 radical (unpaired) electrons. The summed E-state index contributed by atoms with van der Waals surface area (Å²) < 4.78 is 0. The van der Waals surface area contributed by atoms with E-state index in [1.54, 1.807) is 0 Å². The number of rotatable bonds is 1. The van der Waals surface area contributed by atoms with Crippen LogP contribution in [0.15, 0.2) is 36.5 Å². The number of benzene rings is 1. The molecule has 0 aliphatic carbocycles. The Morgan fingerprint density at radius 2 is 2.07 bits per heavy atom. The molecule has 0 amide bonds. The molecule has 1 aliphatic heterocycles. The average Bonchev–Trinajstić information content (AvgIpc) is 2.65. The quantitative estimate of drug-likeness (QED) is 0.668. The van der Waals surface area contributed by atoms with Gasteiger partial charge < -0.3 is 4.90 Å². The molecule has 0 fully saturated rings. The van der Waals surface area contributed by atoms with Gasteiger partial charge in [0.05, 0.1) is 11.6 Å². The summed E-state index contributed by atoms with van der Waals surface area (Å²) in [5.74, 6) is 0.479. The van der Waals surface area contributed by atoms with Gasteiger partial charge in [0.1, 0.15) is 0 Å². The molecule has 0 aromatic heterocycles. The molecule has 2 rings (SSSR count). The van der Waals surface area contributed by atoms with Crippen LogP contribution in [0.4, 0.5) is 0 Å². The molecule has 1 aromatic rings. The third-order valence-electron chi connectivity index (χ3n) is 2.53. The van der Waals surface area contributed by atoms with Gasteiger partial charge in [-0.15, -0.1) is 0 Å². The summed E-state index contributed by atoms with van der Waals surface area (Å²) in [6.45, 7) is 1.03. The summed E-state index contributed by atoms with van der Waals surface area (Å²) in [7, 11) is 2.07. The first-order valence-electron chi connectivity index (χ1n) is 4.68. The maximum absolute atomic E-state index is 8.66. The van der Waals surface area contributed by atoms with Gasteiger partial charge in [-0.05, 0) is 23.9 Å². The molecular formula is C12H12N2. The Morgan fingerprint density at radius 1 is 1.36 bits per heavy atom. The van der Waals surface area contributed by atoms with E-state index in [9.17, 15) is 0 Å². The second kappa shape index (κ2) is 3.55. The van der Waals surface area contributed by atoms with E-state index >= 15 is 0 Å². The highest BCUT2D eigenvalue weighted by molar-refractivity contribution is 5.35. The topological polar surface area (TPSA) is 27.0 Å². The van der Waals surface area contributed by atoms with Crippen LogP contribution in [0.1, 0.15) is 17.0 Å². The predicted molar refractivity (Wildman–Crippen MR) is 55.7 cm³/mol. The minimum Gasteiger partial charge on any atom is -0.380 e. The van der Waals surface area contributed by atoms with Gasteiger partial charge in [0, 0.05) is 19.5 Å². The molecular weight excluding hydrogens is 172 g/mol. The SMILES string of the molecule is CN1C=CC(c2ccc(C#N)cc2)C1. The van der Waals surface area contributed by atoms with E-state index in [0.717, 1.165) is 12.1 Å². The second-order valence-corrected chi connectivity index (χ2v) is 3.62. The van der Waals surface area contributed by atoms with Crippen molar-refractivity contribution in [1.82, 2.24) is 4.90 Å². The maximum atomic E-state index is 8.66. The summed E-state index contributed by atoms with van der Waals surface area (Å²) >= 11 is 0. The minimum absolute atomic E-state index is 0.479. The minimum atomic E-state index is 0.479. The zero-order chi connectivity index (χ0) is 9.97. The Morgan fingerprint density at radius 3 is 2.57 bits per heavy atom. The van der Waals surface area contributed by atoms with E-state index in [1.165, 1.54) is 5.56 Å². The third kappa shape index (κ3) is 1.62. The van der Waals surface area contributed by atoms with E-state index in [1.807, 2.05) is 24.3 Å². The second-order valence-electron chi connectivity index (χ2n) is 3.62. The van der Waals surface area contributed by atoms with E-state index < -0.39 is 0 Å². The molecule has 1 aliphatic rings. The van der Waals surface area contributed by atoms with Gasteiger partial charge in [0.15, 0.2) is 0 Å². The molecule has 1 heterocycles. The zero-order valence-electron chi connectivity index (χ0n) is 8.14. The van der Waals surface area contributed by atoms with Crippen LogP contribution in [-0.4, -0.2) is 18.5 Å². The normalized spacial score (nSPS) is 19.7. The Bertz CT molecular complexity index is 384. The number of hydrogen-bond acceptors (Lipinski definition) is 2. The lowest BCUT2D eigenvalue weighted by atomic mass is 9.99. The fraction of sp³-hybridized carbons (Fsp3) is 0.250. The van der Waals surface area contributed by atoms with E-state index in [2.05, 4.69) is 30.3 Å². The summed E-state index contributed by atoms with van der Waals surface area (Å²) in [5.41, 5.74) is 2.01. The average molecular weight is 184 g/mol. The molecule has 0 saturated heterocycles. The van der Waals surface area contributed by atoms with Crippen molar-refractivity contribution >= 4 is 0 Å². The Kier molecular flexibility index (Phi) is 2.24. The molecule has 1 atom stereocenters. The lowest BCUT2D eigenvalue weighted by Crippen LogP contribution is -2.11. The molecule has 1 aromatic carbocycles. The van der Waals surface area contributed by atoms with Crippen LogP contribution < -0.4 is 0 Å². The first-order chi connectivity index (χ1) is 6.79. The number of nitrogens with zero attached hydrogens (tertiary/aromatic N) is 2. The van der Waals surface area contributed by atoms with Crippen molar-refractivity contribution in [2.24, 2.45) is 0 Å². The van der Waals surface area contributed by atoms with Crippen LogP contribution >= 0.6 is 0 Å². The van der Waals surface area contributed by atoms with Crippen LogP contribution in [0.5, 0.6) is 0 Å². The Balaban J connectivity index is 2.19. The van der Waals surface area contributed by atoms with Crippen LogP contribution in [0.3, 0.4) is 0 Å². The lowest BCUT2D eigenvalue weighted by molar-refractivity contribution is 0.475. The summed E-state index contributed by atoms with van der Waals surface area (Å²) in [6.07, 6.45) is 4.30. The maximum Gasteiger partial charge on any atom is 0.0991 e. The van der Waals surface area contributed by atoms with Gasteiger partial charge in [-0.3, -0.25) is 0 Å². The first kappa shape index (κ1) is 8.83.